The molecule has 0 radical (unpaired) electrons. The van der Waals surface area contributed by atoms with Gasteiger partial charge in [0.1, 0.15) is 11.3 Å². The van der Waals surface area contributed by atoms with Crippen LogP contribution in [0.15, 0.2) is 47.1 Å². The Balaban J connectivity index is 2.18. The molecule has 0 saturated heterocycles. The monoisotopic (exact) mass is 467 g/mol. The number of esters is 1. The Labute approximate surface area is 166 Å². The largest absolute Gasteiger partial charge is 0.462 e. The summed E-state index contributed by atoms with van der Waals surface area (Å²) in [7, 11) is 0. The molecule has 1 aliphatic carbocycles. The number of nitrogens with two attached hydrogens (primary N) is 1. The number of halogens is 1. The van der Waals surface area contributed by atoms with E-state index in [9.17, 15) is 9.59 Å². The van der Waals surface area contributed by atoms with Crippen LogP contribution in [-0.2, 0) is 19.1 Å². The molecule has 0 spiro atoms. The van der Waals surface area contributed by atoms with Crippen LogP contribution in [0.4, 0.5) is 0 Å². The van der Waals surface area contributed by atoms with E-state index in [2.05, 4.69) is 22.6 Å². The number of Topliss-reactive ketones (excluding diaryl/α,β-unsaturated/α-hetero) is 1. The molecule has 1 aliphatic heterocycles. The Kier molecular flexibility index (Phi) is 5.14. The highest BCUT2D eigenvalue weighted by atomic mass is 127. The van der Waals surface area contributed by atoms with Crippen molar-refractivity contribution < 1.29 is 19.1 Å². The van der Waals surface area contributed by atoms with Crippen LogP contribution in [0.2, 0.25) is 0 Å². The van der Waals surface area contributed by atoms with Crippen LogP contribution in [0.3, 0.4) is 0 Å². The number of carbonyl (C=O) groups is 2. The summed E-state index contributed by atoms with van der Waals surface area (Å²) in [5.74, 6) is -0.513. The maximum Gasteiger partial charge on any atom is 0.340 e. The van der Waals surface area contributed by atoms with Crippen LogP contribution in [-0.4, -0.2) is 18.4 Å². The molecular formula is C20H22INO4. The number of carbonyl (C=O) groups excluding carboxylic acids is 2. The lowest BCUT2D eigenvalue weighted by atomic mass is 9.70. The van der Waals surface area contributed by atoms with E-state index in [1.807, 2.05) is 38.1 Å². The number of allylic oxidation sites excluding steroid dienone is 2. The molecular weight excluding hydrogens is 445 g/mol. The van der Waals surface area contributed by atoms with Crippen LogP contribution in [0, 0.1) is 8.99 Å². The molecule has 26 heavy (non-hydrogen) atoms. The molecule has 0 fully saturated rings. The lowest BCUT2D eigenvalue weighted by Crippen LogP contribution is -2.35. The maximum atomic E-state index is 13.0. The van der Waals surface area contributed by atoms with Gasteiger partial charge in [-0.2, -0.15) is 0 Å². The quantitative estimate of drug-likeness (QED) is 0.541. The van der Waals surface area contributed by atoms with Crippen molar-refractivity contribution >= 4 is 34.3 Å². The van der Waals surface area contributed by atoms with Crippen molar-refractivity contribution in [3.05, 3.63) is 56.2 Å². The van der Waals surface area contributed by atoms with Gasteiger partial charge in [0.15, 0.2) is 5.78 Å². The smallest absolute Gasteiger partial charge is 0.340 e. The minimum absolute atomic E-state index is 0.00518. The van der Waals surface area contributed by atoms with Crippen LogP contribution < -0.4 is 5.73 Å². The number of ketones is 1. The molecule has 2 aliphatic rings. The first-order chi connectivity index (χ1) is 12.2. The Morgan fingerprint density at radius 3 is 2.77 bits per heavy atom. The van der Waals surface area contributed by atoms with Gasteiger partial charge in [-0.3, -0.25) is 4.79 Å². The molecule has 3 rings (SSSR count). The summed E-state index contributed by atoms with van der Waals surface area (Å²) in [5.41, 5.74) is 7.50. The third kappa shape index (κ3) is 3.51. The molecule has 0 bridgehead atoms. The average Bonchev–Trinajstić information content (AvgIpc) is 2.52. The number of hydrogen-bond acceptors (Lipinski definition) is 5. The summed E-state index contributed by atoms with van der Waals surface area (Å²) < 4.78 is 12.0. The second kappa shape index (κ2) is 7.06. The summed E-state index contributed by atoms with van der Waals surface area (Å²) in [5, 5.41) is 0. The lowest BCUT2D eigenvalue weighted by Gasteiger charge is -2.38. The Bertz CT molecular complexity index is 838. The van der Waals surface area contributed by atoms with Gasteiger partial charge in [0, 0.05) is 22.0 Å². The molecule has 6 heteroatoms. The van der Waals surface area contributed by atoms with Gasteiger partial charge in [-0.05, 0) is 52.6 Å². The number of ether oxygens (including phenoxy) is 2. The normalized spacial score (nSPS) is 22.0. The zero-order valence-electron chi connectivity index (χ0n) is 15.1. The molecule has 1 heterocycles. The van der Waals surface area contributed by atoms with Gasteiger partial charge in [-0.1, -0.05) is 26.0 Å². The van der Waals surface area contributed by atoms with Crippen molar-refractivity contribution in [1.82, 2.24) is 0 Å². The second-order valence-corrected chi connectivity index (χ2v) is 8.61. The van der Waals surface area contributed by atoms with Crippen molar-refractivity contribution in [3.8, 4) is 0 Å². The number of benzene rings is 1. The number of hydrogen-bond donors (Lipinski definition) is 1. The van der Waals surface area contributed by atoms with Crippen LogP contribution in [0.25, 0.3) is 0 Å². The van der Waals surface area contributed by atoms with Crippen molar-refractivity contribution in [2.75, 3.05) is 6.61 Å². The van der Waals surface area contributed by atoms with E-state index in [0.29, 0.717) is 24.2 Å². The first-order valence-corrected chi connectivity index (χ1v) is 9.67. The molecule has 0 saturated carbocycles. The van der Waals surface area contributed by atoms with E-state index in [4.69, 9.17) is 15.2 Å². The molecule has 2 N–H and O–H groups in total. The summed E-state index contributed by atoms with van der Waals surface area (Å²) >= 11 is 2.21. The van der Waals surface area contributed by atoms with Gasteiger partial charge in [0.25, 0.3) is 0 Å². The molecule has 0 aromatic heterocycles. The molecule has 5 nitrogen and oxygen atoms in total. The van der Waals surface area contributed by atoms with Crippen molar-refractivity contribution in [1.29, 1.82) is 0 Å². The zero-order chi connectivity index (χ0) is 19.1. The van der Waals surface area contributed by atoms with Gasteiger partial charge in [-0.15, -0.1) is 0 Å². The van der Waals surface area contributed by atoms with Crippen molar-refractivity contribution in [3.63, 3.8) is 0 Å². The third-order valence-corrected chi connectivity index (χ3v) is 5.30. The van der Waals surface area contributed by atoms with Gasteiger partial charge >= 0.3 is 5.97 Å². The molecule has 1 aromatic carbocycles. The summed E-state index contributed by atoms with van der Waals surface area (Å²) in [6.45, 7) is 6.01. The lowest BCUT2D eigenvalue weighted by molar-refractivity contribution is -0.139. The highest BCUT2D eigenvalue weighted by Gasteiger charge is 2.45. The minimum Gasteiger partial charge on any atom is -0.462 e. The predicted molar refractivity (Wildman–Crippen MR) is 106 cm³/mol. The highest BCUT2D eigenvalue weighted by Crippen LogP contribution is 2.48. The first-order valence-electron chi connectivity index (χ1n) is 8.60. The third-order valence-electron chi connectivity index (χ3n) is 4.63. The van der Waals surface area contributed by atoms with E-state index >= 15 is 0 Å². The average molecular weight is 467 g/mol. The molecule has 138 valence electrons. The summed E-state index contributed by atoms with van der Waals surface area (Å²) in [6.07, 6.45) is 1.01. The SMILES string of the molecule is CCOC(=O)C1=C(N)OC2=C(C(=O)CC(C)(C)C2)[C@@H]1c1cccc(I)c1. The van der Waals surface area contributed by atoms with E-state index in [1.54, 1.807) is 6.92 Å². The topological polar surface area (TPSA) is 78.6 Å². The summed E-state index contributed by atoms with van der Waals surface area (Å²) in [4.78, 5) is 25.6. The standard InChI is InChI=1S/C20H22INO4/c1-4-25-19(24)17-15(11-6-5-7-12(21)8-11)16-13(23)9-20(2,3)10-14(16)26-18(17)22/h5-8,15H,4,9-10,22H2,1-3H3/t15-/m0/s1. The fraction of sp³-hybridized carbons (Fsp3) is 0.400. The Hall–Kier alpha value is -1.83. The zero-order valence-corrected chi connectivity index (χ0v) is 17.3. The van der Waals surface area contributed by atoms with Gasteiger partial charge in [-0.25, -0.2) is 4.79 Å². The molecule has 1 aromatic rings. The molecule has 1 atom stereocenters. The van der Waals surface area contributed by atoms with E-state index in [0.717, 1.165) is 9.13 Å². The van der Waals surface area contributed by atoms with Gasteiger partial charge in [0.05, 0.1) is 12.5 Å². The fourth-order valence-electron chi connectivity index (χ4n) is 3.61. The van der Waals surface area contributed by atoms with E-state index in [-0.39, 0.29) is 29.3 Å². The van der Waals surface area contributed by atoms with Gasteiger partial charge < -0.3 is 15.2 Å². The van der Waals surface area contributed by atoms with Crippen LogP contribution >= 0.6 is 22.6 Å². The predicted octanol–water partition coefficient (Wildman–Crippen LogP) is 3.78. The van der Waals surface area contributed by atoms with Gasteiger partial charge in [0.2, 0.25) is 5.88 Å². The van der Waals surface area contributed by atoms with Crippen molar-refractivity contribution in [2.45, 2.75) is 39.5 Å². The van der Waals surface area contributed by atoms with E-state index in [1.165, 1.54) is 0 Å². The Morgan fingerprint density at radius 1 is 1.38 bits per heavy atom. The molecule has 0 unspecified atom stereocenters. The van der Waals surface area contributed by atoms with Crippen LogP contribution in [0.1, 0.15) is 45.1 Å². The fourth-order valence-corrected chi connectivity index (χ4v) is 4.18. The first kappa shape index (κ1) is 18.9. The minimum atomic E-state index is -0.559. The van der Waals surface area contributed by atoms with E-state index < -0.39 is 11.9 Å². The Morgan fingerprint density at radius 2 is 2.12 bits per heavy atom. The molecule has 0 amide bonds. The highest BCUT2D eigenvalue weighted by molar-refractivity contribution is 14.1. The second-order valence-electron chi connectivity index (χ2n) is 7.37. The summed E-state index contributed by atoms with van der Waals surface area (Å²) in [6, 6.07) is 7.73. The van der Waals surface area contributed by atoms with Crippen LogP contribution in [0.5, 0.6) is 0 Å². The maximum absolute atomic E-state index is 13.0. The number of rotatable bonds is 3. The van der Waals surface area contributed by atoms with Crippen molar-refractivity contribution in [2.24, 2.45) is 11.1 Å².